The number of nitrogens with one attached hydrogen (secondary N) is 1. The van der Waals surface area contributed by atoms with Gasteiger partial charge in [0.2, 0.25) is 0 Å². The number of rotatable bonds is 3. The minimum atomic E-state index is -0.321. The molecule has 2 heterocycles. The lowest BCUT2D eigenvalue weighted by Crippen LogP contribution is -2.41. The lowest BCUT2D eigenvalue weighted by atomic mass is 10.0. The zero-order chi connectivity index (χ0) is 14.1. The number of hydrogen-bond acceptors (Lipinski definition) is 4. The van der Waals surface area contributed by atoms with Crippen LogP contribution in [0.3, 0.4) is 0 Å². The largest absolute Gasteiger partial charge is 0.494 e. The second-order valence-corrected chi connectivity index (χ2v) is 5.44. The summed E-state index contributed by atoms with van der Waals surface area (Å²) in [7, 11) is 1.50. The van der Waals surface area contributed by atoms with Gasteiger partial charge in [-0.1, -0.05) is 6.92 Å². The summed E-state index contributed by atoms with van der Waals surface area (Å²) >= 11 is 0. The third-order valence-electron chi connectivity index (χ3n) is 4.16. The van der Waals surface area contributed by atoms with Crippen LogP contribution in [0.15, 0.2) is 12.1 Å². The molecule has 1 aromatic carbocycles. The van der Waals surface area contributed by atoms with Crippen molar-refractivity contribution < 1.29 is 13.9 Å². The normalized spacial score (nSPS) is 24.6. The number of fused-ring (bicyclic) bond motifs is 2. The SMILES string of the molecule is CCCN1c2cc(OC)c(F)cc2NCC2COCC21. The molecular weight excluding hydrogens is 259 g/mol. The molecule has 1 aromatic rings. The van der Waals surface area contributed by atoms with E-state index in [1.807, 2.05) is 0 Å². The zero-order valence-corrected chi connectivity index (χ0v) is 12.0. The van der Waals surface area contributed by atoms with E-state index < -0.39 is 0 Å². The van der Waals surface area contributed by atoms with Crippen LogP contribution in [0.25, 0.3) is 0 Å². The molecule has 0 bridgehead atoms. The zero-order valence-electron chi connectivity index (χ0n) is 12.0. The van der Waals surface area contributed by atoms with Gasteiger partial charge in [0.25, 0.3) is 0 Å². The second kappa shape index (κ2) is 5.48. The van der Waals surface area contributed by atoms with Gasteiger partial charge in [-0.15, -0.1) is 0 Å². The Morgan fingerprint density at radius 3 is 3.05 bits per heavy atom. The Kier molecular flexibility index (Phi) is 3.70. The molecule has 1 fully saturated rings. The van der Waals surface area contributed by atoms with Crippen LogP contribution in [0.4, 0.5) is 15.8 Å². The molecule has 0 saturated carbocycles. The third-order valence-corrected chi connectivity index (χ3v) is 4.16. The van der Waals surface area contributed by atoms with E-state index in [0.717, 1.165) is 44.1 Å². The molecule has 0 aromatic heterocycles. The summed E-state index contributed by atoms with van der Waals surface area (Å²) < 4.78 is 24.7. The van der Waals surface area contributed by atoms with E-state index in [4.69, 9.17) is 9.47 Å². The van der Waals surface area contributed by atoms with Crippen molar-refractivity contribution in [1.82, 2.24) is 0 Å². The van der Waals surface area contributed by atoms with E-state index >= 15 is 0 Å². The minimum absolute atomic E-state index is 0.295. The third kappa shape index (κ3) is 2.20. The van der Waals surface area contributed by atoms with Crippen molar-refractivity contribution in [3.8, 4) is 5.75 Å². The molecule has 2 unspecified atom stereocenters. The first-order chi connectivity index (χ1) is 9.74. The smallest absolute Gasteiger partial charge is 0.167 e. The number of methoxy groups -OCH3 is 1. The number of nitrogens with zero attached hydrogens (tertiary/aromatic N) is 1. The molecule has 1 N–H and O–H groups in total. The fourth-order valence-corrected chi connectivity index (χ4v) is 3.15. The molecule has 110 valence electrons. The van der Waals surface area contributed by atoms with Crippen LogP contribution >= 0.6 is 0 Å². The molecule has 20 heavy (non-hydrogen) atoms. The lowest BCUT2D eigenvalue weighted by Gasteiger charge is -2.32. The van der Waals surface area contributed by atoms with Gasteiger partial charge in [-0.2, -0.15) is 0 Å². The summed E-state index contributed by atoms with van der Waals surface area (Å²) in [4.78, 5) is 2.34. The quantitative estimate of drug-likeness (QED) is 0.922. The van der Waals surface area contributed by atoms with E-state index in [2.05, 4.69) is 17.1 Å². The maximum Gasteiger partial charge on any atom is 0.167 e. The summed E-state index contributed by atoms with van der Waals surface area (Å²) in [5, 5.41) is 3.36. The summed E-state index contributed by atoms with van der Waals surface area (Å²) in [5.74, 6) is 0.422. The first-order valence-corrected chi connectivity index (χ1v) is 7.20. The first kappa shape index (κ1) is 13.5. The van der Waals surface area contributed by atoms with E-state index in [0.29, 0.717) is 17.7 Å². The molecule has 2 atom stereocenters. The summed E-state index contributed by atoms with van der Waals surface area (Å²) in [6, 6.07) is 3.70. The molecule has 0 aliphatic carbocycles. The number of halogens is 1. The van der Waals surface area contributed by atoms with Crippen LogP contribution in [0.1, 0.15) is 13.3 Å². The van der Waals surface area contributed by atoms with Gasteiger partial charge in [0.15, 0.2) is 11.6 Å². The Morgan fingerprint density at radius 1 is 1.45 bits per heavy atom. The molecular formula is C15H21FN2O2. The molecule has 3 rings (SSSR count). The number of benzene rings is 1. The molecule has 4 nitrogen and oxygen atoms in total. The van der Waals surface area contributed by atoms with Gasteiger partial charge < -0.3 is 19.7 Å². The standard InChI is InChI=1S/C15H21FN2O2/c1-3-4-18-13-6-15(19-2)11(16)5-12(13)17-7-10-8-20-9-14(10)18/h5-6,10,14,17H,3-4,7-9H2,1-2H3. The van der Waals surface area contributed by atoms with Gasteiger partial charge in [-0.3, -0.25) is 0 Å². The van der Waals surface area contributed by atoms with Crippen molar-refractivity contribution in [2.45, 2.75) is 19.4 Å². The van der Waals surface area contributed by atoms with Crippen molar-refractivity contribution >= 4 is 11.4 Å². The fourth-order valence-electron chi connectivity index (χ4n) is 3.15. The Morgan fingerprint density at radius 2 is 2.30 bits per heavy atom. The molecule has 5 heteroatoms. The van der Waals surface area contributed by atoms with Crippen LogP contribution in [-0.2, 0) is 4.74 Å². The van der Waals surface area contributed by atoms with Gasteiger partial charge in [0, 0.05) is 31.1 Å². The fraction of sp³-hybridized carbons (Fsp3) is 0.600. The van der Waals surface area contributed by atoms with E-state index in [9.17, 15) is 4.39 Å². The van der Waals surface area contributed by atoms with Crippen LogP contribution in [0.5, 0.6) is 5.75 Å². The predicted molar refractivity (Wildman–Crippen MR) is 77.2 cm³/mol. The van der Waals surface area contributed by atoms with Gasteiger partial charge in [-0.25, -0.2) is 4.39 Å². The summed E-state index contributed by atoms with van der Waals surface area (Å²) in [5.41, 5.74) is 1.87. The molecule has 1 saturated heterocycles. The average Bonchev–Trinajstić information content (AvgIpc) is 2.86. The van der Waals surface area contributed by atoms with Crippen molar-refractivity contribution in [2.75, 3.05) is 43.6 Å². The molecule has 2 aliphatic rings. The van der Waals surface area contributed by atoms with Crippen LogP contribution in [0, 0.1) is 11.7 Å². The first-order valence-electron chi connectivity index (χ1n) is 7.20. The van der Waals surface area contributed by atoms with Gasteiger partial charge in [0.05, 0.1) is 37.7 Å². The Bertz CT molecular complexity index is 495. The van der Waals surface area contributed by atoms with Crippen molar-refractivity contribution in [1.29, 1.82) is 0 Å². The molecule has 0 spiro atoms. The van der Waals surface area contributed by atoms with E-state index in [-0.39, 0.29) is 5.82 Å². The highest BCUT2D eigenvalue weighted by atomic mass is 19.1. The lowest BCUT2D eigenvalue weighted by molar-refractivity contribution is 0.185. The second-order valence-electron chi connectivity index (χ2n) is 5.44. The van der Waals surface area contributed by atoms with Gasteiger partial charge in [-0.05, 0) is 6.42 Å². The van der Waals surface area contributed by atoms with Crippen LogP contribution < -0.4 is 15.0 Å². The average molecular weight is 280 g/mol. The molecule has 2 aliphatic heterocycles. The number of hydrogen-bond donors (Lipinski definition) is 1. The maximum absolute atomic E-state index is 13.9. The highest BCUT2D eigenvalue weighted by Crippen LogP contribution is 2.38. The van der Waals surface area contributed by atoms with E-state index in [1.54, 1.807) is 12.1 Å². The van der Waals surface area contributed by atoms with Crippen LogP contribution in [-0.4, -0.2) is 39.5 Å². The number of anilines is 2. The van der Waals surface area contributed by atoms with Crippen molar-refractivity contribution in [3.63, 3.8) is 0 Å². The molecule has 0 amide bonds. The maximum atomic E-state index is 13.9. The summed E-state index contributed by atoms with van der Waals surface area (Å²) in [6.45, 7) is 5.43. The van der Waals surface area contributed by atoms with Gasteiger partial charge >= 0.3 is 0 Å². The van der Waals surface area contributed by atoms with Gasteiger partial charge in [0.1, 0.15) is 0 Å². The topological polar surface area (TPSA) is 33.7 Å². The number of ether oxygens (including phenoxy) is 2. The Hall–Kier alpha value is -1.49. The highest BCUT2D eigenvalue weighted by molar-refractivity contribution is 5.74. The molecule has 0 radical (unpaired) electrons. The minimum Gasteiger partial charge on any atom is -0.494 e. The Balaban J connectivity index is 2.04. The highest BCUT2D eigenvalue weighted by Gasteiger charge is 2.36. The Labute approximate surface area is 118 Å². The van der Waals surface area contributed by atoms with Crippen molar-refractivity contribution in [3.05, 3.63) is 17.9 Å². The van der Waals surface area contributed by atoms with E-state index in [1.165, 1.54) is 7.11 Å². The van der Waals surface area contributed by atoms with Crippen LogP contribution in [0.2, 0.25) is 0 Å². The summed E-state index contributed by atoms with van der Waals surface area (Å²) in [6.07, 6.45) is 1.04. The monoisotopic (exact) mass is 280 g/mol. The predicted octanol–water partition coefficient (Wildman–Crippen LogP) is 2.49. The van der Waals surface area contributed by atoms with Crippen molar-refractivity contribution in [2.24, 2.45) is 5.92 Å².